The Balaban J connectivity index is 2.45. The fourth-order valence-corrected chi connectivity index (χ4v) is 1.95. The minimum absolute atomic E-state index is 0.179. The van der Waals surface area contributed by atoms with Crippen LogP contribution in [0.4, 0.5) is 13.2 Å². The van der Waals surface area contributed by atoms with Crippen LogP contribution in [-0.2, 0) is 6.54 Å². The third kappa shape index (κ3) is 2.73. The lowest BCUT2D eigenvalue weighted by Crippen LogP contribution is -2.28. The quantitative estimate of drug-likeness (QED) is 0.831. The van der Waals surface area contributed by atoms with Crippen molar-refractivity contribution in [3.05, 3.63) is 39.6 Å². The Bertz CT molecular complexity index is 560. The summed E-state index contributed by atoms with van der Waals surface area (Å²) in [6.45, 7) is -1.29. The molecule has 0 saturated carbocycles. The first-order valence-corrected chi connectivity index (χ1v) is 5.56. The smallest absolute Gasteiger partial charge is 0.306 e. The molecule has 2 aromatic heterocycles. The molecule has 0 radical (unpaired) electrons. The minimum atomic E-state index is -4.41. The number of aromatic nitrogens is 2. The summed E-state index contributed by atoms with van der Waals surface area (Å²) >= 11 is 1.28. The molecule has 0 fully saturated rings. The van der Waals surface area contributed by atoms with E-state index in [2.05, 4.69) is 4.98 Å². The minimum Gasteiger partial charge on any atom is -0.306 e. The summed E-state index contributed by atoms with van der Waals surface area (Å²) in [6, 6.07) is 2.87. The van der Waals surface area contributed by atoms with Gasteiger partial charge in [-0.15, -0.1) is 11.3 Å². The molecule has 0 unspecified atom stereocenters. The Hall–Kier alpha value is -1.63. The average Bonchev–Trinajstić information content (AvgIpc) is 2.72. The molecular formula is C10H7F3N2OS. The molecule has 90 valence electrons. The third-order valence-corrected chi connectivity index (χ3v) is 2.66. The van der Waals surface area contributed by atoms with Crippen LogP contribution in [0.5, 0.6) is 0 Å². The zero-order valence-electron chi connectivity index (χ0n) is 8.44. The largest absolute Gasteiger partial charge is 0.406 e. The molecule has 0 saturated heterocycles. The number of thiazole rings is 1. The van der Waals surface area contributed by atoms with Gasteiger partial charge in [0.2, 0.25) is 0 Å². The number of nitrogens with zero attached hydrogens (tertiary/aromatic N) is 2. The van der Waals surface area contributed by atoms with Gasteiger partial charge in [0.1, 0.15) is 6.54 Å². The first-order valence-electron chi connectivity index (χ1n) is 4.62. The maximum atomic E-state index is 12.2. The number of halogens is 3. The summed E-state index contributed by atoms with van der Waals surface area (Å²) in [5.41, 5.74) is 1.42. The fraction of sp³-hybridized carbons (Fsp3) is 0.200. The van der Waals surface area contributed by atoms with Crippen molar-refractivity contribution < 1.29 is 13.2 Å². The normalized spacial score (nSPS) is 11.7. The Morgan fingerprint density at radius 3 is 2.76 bits per heavy atom. The SMILES string of the molecule is O=c1c(-c2cscn2)cccn1CC(F)(F)F. The molecule has 2 rings (SSSR count). The Kier molecular flexibility index (Phi) is 3.01. The third-order valence-electron chi connectivity index (χ3n) is 2.08. The van der Waals surface area contributed by atoms with E-state index in [1.165, 1.54) is 29.0 Å². The van der Waals surface area contributed by atoms with Gasteiger partial charge in [0.15, 0.2) is 0 Å². The van der Waals surface area contributed by atoms with Gasteiger partial charge in [0.25, 0.3) is 5.56 Å². The van der Waals surface area contributed by atoms with E-state index in [0.29, 0.717) is 10.3 Å². The Labute approximate surface area is 98.2 Å². The Morgan fingerprint density at radius 1 is 1.41 bits per heavy atom. The molecular weight excluding hydrogens is 253 g/mol. The molecule has 2 aromatic rings. The van der Waals surface area contributed by atoms with Crippen LogP contribution in [0.15, 0.2) is 34.0 Å². The molecule has 17 heavy (non-hydrogen) atoms. The molecule has 0 aromatic carbocycles. The summed E-state index contributed by atoms with van der Waals surface area (Å²) in [5, 5.41) is 1.62. The lowest BCUT2D eigenvalue weighted by Gasteiger charge is -2.09. The van der Waals surface area contributed by atoms with E-state index in [1.54, 1.807) is 5.38 Å². The highest BCUT2D eigenvalue weighted by Gasteiger charge is 2.28. The summed E-state index contributed by atoms with van der Waals surface area (Å²) in [4.78, 5) is 15.7. The van der Waals surface area contributed by atoms with Crippen LogP contribution in [0.2, 0.25) is 0 Å². The van der Waals surface area contributed by atoms with Crippen LogP contribution in [0.25, 0.3) is 11.3 Å². The van der Waals surface area contributed by atoms with E-state index in [0.717, 1.165) is 6.20 Å². The fourth-order valence-electron chi connectivity index (χ4n) is 1.39. The van der Waals surface area contributed by atoms with Gasteiger partial charge in [0.05, 0.1) is 16.8 Å². The second-order valence-corrected chi connectivity index (χ2v) is 4.06. The standard InChI is InChI=1S/C10H7F3N2OS/c11-10(12,13)5-15-3-1-2-7(9(15)16)8-4-17-6-14-8/h1-4,6H,5H2. The molecule has 0 N–H and O–H groups in total. The first-order chi connectivity index (χ1) is 7.97. The molecule has 7 heteroatoms. The highest BCUT2D eigenvalue weighted by atomic mass is 32.1. The van der Waals surface area contributed by atoms with Crippen LogP contribution in [0.3, 0.4) is 0 Å². The second-order valence-electron chi connectivity index (χ2n) is 3.34. The van der Waals surface area contributed by atoms with E-state index in [1.807, 2.05) is 0 Å². The van der Waals surface area contributed by atoms with Gasteiger partial charge in [-0.2, -0.15) is 13.2 Å². The van der Waals surface area contributed by atoms with E-state index in [-0.39, 0.29) is 5.56 Å². The average molecular weight is 260 g/mol. The van der Waals surface area contributed by atoms with Crippen molar-refractivity contribution in [2.75, 3.05) is 0 Å². The molecule has 3 nitrogen and oxygen atoms in total. The van der Waals surface area contributed by atoms with Crippen LogP contribution in [-0.4, -0.2) is 15.7 Å². The summed E-state index contributed by atoms with van der Waals surface area (Å²) < 4.78 is 37.3. The molecule has 2 heterocycles. The van der Waals surface area contributed by atoms with Gasteiger partial charge in [-0.25, -0.2) is 4.98 Å². The van der Waals surface area contributed by atoms with Crippen molar-refractivity contribution >= 4 is 11.3 Å². The van der Waals surface area contributed by atoms with Crippen LogP contribution in [0.1, 0.15) is 0 Å². The molecule has 0 aliphatic carbocycles. The zero-order valence-corrected chi connectivity index (χ0v) is 9.26. The van der Waals surface area contributed by atoms with Crippen molar-refractivity contribution in [1.29, 1.82) is 0 Å². The van der Waals surface area contributed by atoms with Crippen molar-refractivity contribution in [3.63, 3.8) is 0 Å². The summed E-state index contributed by atoms with van der Waals surface area (Å²) in [7, 11) is 0. The Morgan fingerprint density at radius 2 is 2.18 bits per heavy atom. The lowest BCUT2D eigenvalue weighted by atomic mass is 10.2. The highest BCUT2D eigenvalue weighted by Crippen LogP contribution is 2.18. The van der Waals surface area contributed by atoms with Gasteiger partial charge in [-0.1, -0.05) is 0 Å². The number of hydrogen-bond donors (Lipinski definition) is 0. The highest BCUT2D eigenvalue weighted by molar-refractivity contribution is 7.07. The topological polar surface area (TPSA) is 34.9 Å². The molecule has 0 atom stereocenters. The van der Waals surface area contributed by atoms with Gasteiger partial charge >= 0.3 is 6.18 Å². The van der Waals surface area contributed by atoms with Gasteiger partial charge < -0.3 is 4.57 Å². The van der Waals surface area contributed by atoms with Crippen molar-refractivity contribution in [2.45, 2.75) is 12.7 Å². The monoisotopic (exact) mass is 260 g/mol. The molecule has 0 amide bonds. The van der Waals surface area contributed by atoms with Gasteiger partial charge in [-0.3, -0.25) is 4.79 Å². The van der Waals surface area contributed by atoms with Crippen LogP contribution in [0, 0.1) is 0 Å². The molecule has 0 aliphatic heterocycles. The second kappa shape index (κ2) is 4.33. The lowest BCUT2D eigenvalue weighted by molar-refractivity contribution is -0.141. The van der Waals surface area contributed by atoms with Gasteiger partial charge in [0, 0.05) is 11.6 Å². The van der Waals surface area contributed by atoms with E-state index < -0.39 is 18.3 Å². The molecule has 0 spiro atoms. The summed E-state index contributed by atoms with van der Waals surface area (Å²) in [5.74, 6) is 0. The number of pyridine rings is 1. The van der Waals surface area contributed by atoms with E-state index in [9.17, 15) is 18.0 Å². The van der Waals surface area contributed by atoms with Crippen molar-refractivity contribution in [2.24, 2.45) is 0 Å². The van der Waals surface area contributed by atoms with E-state index >= 15 is 0 Å². The molecule has 0 bridgehead atoms. The maximum absolute atomic E-state index is 12.2. The number of rotatable bonds is 2. The van der Waals surface area contributed by atoms with Gasteiger partial charge in [-0.05, 0) is 12.1 Å². The predicted octanol–water partition coefficient (Wildman–Crippen LogP) is 2.53. The number of hydrogen-bond acceptors (Lipinski definition) is 3. The van der Waals surface area contributed by atoms with Crippen molar-refractivity contribution in [1.82, 2.24) is 9.55 Å². The first kappa shape index (κ1) is 11.8. The van der Waals surface area contributed by atoms with Crippen LogP contribution < -0.4 is 5.56 Å². The number of alkyl halides is 3. The van der Waals surface area contributed by atoms with Crippen LogP contribution >= 0.6 is 11.3 Å². The van der Waals surface area contributed by atoms with Crippen molar-refractivity contribution in [3.8, 4) is 11.3 Å². The maximum Gasteiger partial charge on any atom is 0.406 e. The summed E-state index contributed by atoms with van der Waals surface area (Å²) in [6.07, 6.45) is -3.30. The zero-order chi connectivity index (χ0) is 12.5. The van der Waals surface area contributed by atoms with E-state index in [4.69, 9.17) is 0 Å². The molecule has 0 aliphatic rings. The predicted molar refractivity (Wildman–Crippen MR) is 57.9 cm³/mol.